The maximum Gasteiger partial charge on any atom is 0.255 e. The predicted molar refractivity (Wildman–Crippen MR) is 115 cm³/mol. The summed E-state index contributed by atoms with van der Waals surface area (Å²) in [7, 11) is 0. The summed E-state index contributed by atoms with van der Waals surface area (Å²) in [4.78, 5) is 27.2. The van der Waals surface area contributed by atoms with Gasteiger partial charge in [0.2, 0.25) is 0 Å². The largest absolute Gasteiger partial charge is 0.339 e. The highest BCUT2D eigenvalue weighted by molar-refractivity contribution is 6.05. The molecule has 0 radical (unpaired) electrons. The molecule has 1 N–H and O–H groups in total. The van der Waals surface area contributed by atoms with Crippen molar-refractivity contribution in [3.05, 3.63) is 101 Å². The summed E-state index contributed by atoms with van der Waals surface area (Å²) >= 11 is 0. The third-order valence-corrected chi connectivity index (χ3v) is 5.28. The van der Waals surface area contributed by atoms with Gasteiger partial charge >= 0.3 is 0 Å². The average Bonchev–Trinajstić information content (AvgIpc) is 3.30. The zero-order valence-electron chi connectivity index (χ0n) is 16.3. The molecule has 0 spiro atoms. The van der Waals surface area contributed by atoms with Crippen LogP contribution in [0.25, 0.3) is 0 Å². The molecule has 3 aromatic carbocycles. The van der Waals surface area contributed by atoms with Crippen molar-refractivity contribution in [2.75, 3.05) is 18.4 Å². The first-order chi connectivity index (χ1) is 14.2. The number of rotatable bonds is 5. The number of nitrogens with one attached hydrogen (secondary N) is 1. The van der Waals surface area contributed by atoms with E-state index in [1.807, 2.05) is 47.4 Å². The summed E-state index contributed by atoms with van der Waals surface area (Å²) in [5, 5.41) is 2.96. The van der Waals surface area contributed by atoms with Crippen LogP contribution in [0.4, 0.5) is 5.69 Å². The van der Waals surface area contributed by atoms with Crippen LogP contribution in [0, 0.1) is 0 Å². The molecule has 0 atom stereocenters. The van der Waals surface area contributed by atoms with E-state index in [9.17, 15) is 9.59 Å². The molecule has 1 fully saturated rings. The van der Waals surface area contributed by atoms with Gasteiger partial charge in [-0.05, 0) is 60.7 Å². The van der Waals surface area contributed by atoms with Gasteiger partial charge in [-0.3, -0.25) is 9.59 Å². The molecule has 0 unspecified atom stereocenters. The third kappa shape index (κ3) is 4.54. The Balaban J connectivity index is 1.46. The van der Waals surface area contributed by atoms with Crippen molar-refractivity contribution in [3.63, 3.8) is 0 Å². The molecule has 0 saturated carbocycles. The summed E-state index contributed by atoms with van der Waals surface area (Å²) in [6.45, 7) is 1.66. The Morgan fingerprint density at radius 3 is 2.17 bits per heavy atom. The molecule has 0 aliphatic carbocycles. The Bertz CT molecular complexity index is 991. The first-order valence-electron chi connectivity index (χ1n) is 10.0. The van der Waals surface area contributed by atoms with E-state index in [1.54, 1.807) is 24.3 Å². The van der Waals surface area contributed by atoms with Gasteiger partial charge in [-0.1, -0.05) is 48.5 Å². The second-order valence-corrected chi connectivity index (χ2v) is 7.35. The van der Waals surface area contributed by atoms with Crippen molar-refractivity contribution < 1.29 is 9.59 Å². The van der Waals surface area contributed by atoms with Gasteiger partial charge in [-0.25, -0.2) is 0 Å². The number of amides is 2. The minimum absolute atomic E-state index is 0.0635. The highest BCUT2D eigenvalue weighted by atomic mass is 16.2. The Morgan fingerprint density at radius 1 is 0.793 bits per heavy atom. The molecule has 4 nitrogen and oxygen atoms in total. The van der Waals surface area contributed by atoms with Gasteiger partial charge in [0, 0.05) is 29.9 Å². The van der Waals surface area contributed by atoms with E-state index in [4.69, 9.17) is 0 Å². The lowest BCUT2D eigenvalue weighted by molar-refractivity contribution is 0.0792. The Hall–Kier alpha value is -3.40. The lowest BCUT2D eigenvalue weighted by Gasteiger charge is -2.15. The fraction of sp³-hybridized carbons (Fsp3) is 0.200. The Morgan fingerprint density at radius 2 is 1.45 bits per heavy atom. The molecular weight excluding hydrogens is 360 g/mol. The van der Waals surface area contributed by atoms with Crippen LogP contribution in [-0.2, 0) is 6.42 Å². The molecular formula is C25H24N2O2. The molecule has 0 bridgehead atoms. The van der Waals surface area contributed by atoms with E-state index in [0.717, 1.165) is 37.1 Å². The molecule has 0 aromatic heterocycles. The van der Waals surface area contributed by atoms with Crippen LogP contribution < -0.4 is 5.32 Å². The quantitative estimate of drug-likeness (QED) is 0.689. The minimum Gasteiger partial charge on any atom is -0.339 e. The second kappa shape index (κ2) is 8.74. The molecule has 3 aromatic rings. The van der Waals surface area contributed by atoms with Crippen molar-refractivity contribution in [1.29, 1.82) is 0 Å². The maximum atomic E-state index is 12.9. The van der Waals surface area contributed by atoms with Crippen LogP contribution in [0.2, 0.25) is 0 Å². The first kappa shape index (κ1) is 18.9. The molecule has 4 rings (SSSR count). The van der Waals surface area contributed by atoms with Crippen LogP contribution in [0.15, 0.2) is 78.9 Å². The van der Waals surface area contributed by atoms with Crippen LogP contribution in [0.3, 0.4) is 0 Å². The van der Waals surface area contributed by atoms with E-state index in [1.165, 1.54) is 0 Å². The Labute approximate surface area is 171 Å². The van der Waals surface area contributed by atoms with Crippen molar-refractivity contribution in [2.24, 2.45) is 0 Å². The van der Waals surface area contributed by atoms with Crippen LogP contribution in [0.1, 0.15) is 44.7 Å². The van der Waals surface area contributed by atoms with Gasteiger partial charge in [0.25, 0.3) is 11.8 Å². The van der Waals surface area contributed by atoms with Gasteiger partial charge in [0.15, 0.2) is 0 Å². The van der Waals surface area contributed by atoms with Crippen molar-refractivity contribution >= 4 is 17.5 Å². The maximum absolute atomic E-state index is 12.9. The molecule has 1 heterocycles. The van der Waals surface area contributed by atoms with E-state index >= 15 is 0 Å². The normalized spacial score (nSPS) is 13.3. The third-order valence-electron chi connectivity index (χ3n) is 5.28. The highest BCUT2D eigenvalue weighted by Gasteiger charge is 2.19. The second-order valence-electron chi connectivity index (χ2n) is 7.35. The lowest BCUT2D eigenvalue weighted by Crippen LogP contribution is -2.27. The lowest BCUT2D eigenvalue weighted by atomic mass is 9.99. The fourth-order valence-electron chi connectivity index (χ4n) is 3.71. The van der Waals surface area contributed by atoms with E-state index < -0.39 is 0 Å². The molecule has 1 aliphatic heterocycles. The molecule has 146 valence electrons. The summed E-state index contributed by atoms with van der Waals surface area (Å²) in [5.74, 6) is -0.0799. The summed E-state index contributed by atoms with van der Waals surface area (Å²) in [6, 6.07) is 24.9. The zero-order valence-corrected chi connectivity index (χ0v) is 16.3. The van der Waals surface area contributed by atoms with Gasteiger partial charge in [-0.2, -0.15) is 0 Å². The highest BCUT2D eigenvalue weighted by Crippen LogP contribution is 2.18. The monoisotopic (exact) mass is 384 g/mol. The van der Waals surface area contributed by atoms with Crippen molar-refractivity contribution in [1.82, 2.24) is 4.90 Å². The number of hydrogen-bond donors (Lipinski definition) is 1. The van der Waals surface area contributed by atoms with Gasteiger partial charge < -0.3 is 10.2 Å². The van der Waals surface area contributed by atoms with Crippen LogP contribution in [0.5, 0.6) is 0 Å². The minimum atomic E-state index is -0.143. The van der Waals surface area contributed by atoms with E-state index in [2.05, 4.69) is 17.4 Å². The smallest absolute Gasteiger partial charge is 0.255 e. The summed E-state index contributed by atoms with van der Waals surface area (Å²) < 4.78 is 0. The fourth-order valence-corrected chi connectivity index (χ4v) is 3.71. The summed E-state index contributed by atoms with van der Waals surface area (Å²) in [5.41, 5.74) is 4.15. The number of benzene rings is 3. The SMILES string of the molecule is O=C(Nc1ccc(C(=O)N2CCCC2)cc1)c1ccccc1Cc1ccccc1. The van der Waals surface area contributed by atoms with Crippen molar-refractivity contribution in [3.8, 4) is 0 Å². The summed E-state index contributed by atoms with van der Waals surface area (Å²) in [6.07, 6.45) is 2.85. The number of carbonyl (C=O) groups is 2. The molecule has 1 aliphatic rings. The van der Waals surface area contributed by atoms with Crippen LogP contribution in [-0.4, -0.2) is 29.8 Å². The van der Waals surface area contributed by atoms with Crippen LogP contribution >= 0.6 is 0 Å². The molecule has 1 saturated heterocycles. The number of anilines is 1. The van der Waals surface area contributed by atoms with E-state index in [0.29, 0.717) is 23.2 Å². The average molecular weight is 384 g/mol. The van der Waals surface area contributed by atoms with E-state index in [-0.39, 0.29) is 11.8 Å². The topological polar surface area (TPSA) is 49.4 Å². The zero-order chi connectivity index (χ0) is 20.1. The number of likely N-dealkylation sites (tertiary alicyclic amines) is 1. The standard InChI is InChI=1S/C25H24N2O2/c28-24(23-11-5-4-10-21(23)18-19-8-2-1-3-9-19)26-22-14-12-20(13-15-22)25(29)27-16-6-7-17-27/h1-5,8-15H,6-7,16-18H2,(H,26,28). The Kier molecular flexibility index (Phi) is 5.71. The molecule has 29 heavy (non-hydrogen) atoms. The number of nitrogens with zero attached hydrogens (tertiary/aromatic N) is 1. The van der Waals surface area contributed by atoms with Gasteiger partial charge in [-0.15, -0.1) is 0 Å². The van der Waals surface area contributed by atoms with Gasteiger partial charge in [0.1, 0.15) is 0 Å². The molecule has 4 heteroatoms. The molecule has 2 amide bonds. The predicted octanol–water partition coefficient (Wildman–Crippen LogP) is 4.77. The first-order valence-corrected chi connectivity index (χ1v) is 10.0. The number of carbonyl (C=O) groups excluding carboxylic acids is 2. The van der Waals surface area contributed by atoms with Crippen molar-refractivity contribution in [2.45, 2.75) is 19.3 Å². The number of hydrogen-bond acceptors (Lipinski definition) is 2. The van der Waals surface area contributed by atoms with Gasteiger partial charge in [0.05, 0.1) is 0 Å².